The van der Waals surface area contributed by atoms with Crippen molar-refractivity contribution in [2.45, 2.75) is 59.2 Å². The Morgan fingerprint density at radius 2 is 1.57 bits per heavy atom. The third-order valence-corrected chi connectivity index (χ3v) is 5.64. The largest absolute Gasteiger partial charge is 0.463 e. The Morgan fingerprint density at radius 1 is 0.943 bits per heavy atom. The molecule has 5 atom stereocenters. The van der Waals surface area contributed by atoms with Crippen LogP contribution in [-0.4, -0.2) is 61.7 Å². The van der Waals surface area contributed by atoms with Crippen molar-refractivity contribution in [1.82, 2.24) is 0 Å². The maximum absolute atomic E-state index is 12.7. The average Bonchev–Trinajstić information content (AvgIpc) is 2.77. The highest BCUT2D eigenvalue weighted by molar-refractivity contribution is 9.10. The van der Waals surface area contributed by atoms with Crippen molar-refractivity contribution in [3.05, 3.63) is 40.1 Å². The van der Waals surface area contributed by atoms with Crippen molar-refractivity contribution in [2.75, 3.05) is 13.2 Å². The van der Waals surface area contributed by atoms with Gasteiger partial charge in [-0.2, -0.15) is 0 Å². The Balaban J connectivity index is 2.44. The van der Waals surface area contributed by atoms with Gasteiger partial charge in [0.15, 0.2) is 6.10 Å². The van der Waals surface area contributed by atoms with Gasteiger partial charge in [0.25, 0.3) is 0 Å². The summed E-state index contributed by atoms with van der Waals surface area (Å²) in [6, 6.07) is 7.16. The Bertz CT molecular complexity index is 959. The van der Waals surface area contributed by atoms with Crippen molar-refractivity contribution >= 4 is 45.9 Å². The molecule has 0 N–H and O–H groups in total. The minimum absolute atomic E-state index is 0.107. The summed E-state index contributed by atoms with van der Waals surface area (Å²) in [7, 11) is 0. The molecule has 35 heavy (non-hydrogen) atoms. The van der Waals surface area contributed by atoms with E-state index in [4.69, 9.17) is 28.4 Å². The highest BCUT2D eigenvalue weighted by atomic mass is 79.9. The van der Waals surface area contributed by atoms with Crippen molar-refractivity contribution in [1.29, 1.82) is 0 Å². The van der Waals surface area contributed by atoms with Crippen LogP contribution in [0.4, 0.5) is 0 Å². The molecule has 10 nitrogen and oxygen atoms in total. The Hall–Kier alpha value is -2.92. The quantitative estimate of drug-likeness (QED) is 0.194. The summed E-state index contributed by atoms with van der Waals surface area (Å²) in [6.45, 7) is 6.72. The van der Waals surface area contributed by atoms with Gasteiger partial charge in [0.1, 0.15) is 18.8 Å². The summed E-state index contributed by atoms with van der Waals surface area (Å²) in [5.41, 5.74) is 0.643. The fourth-order valence-electron chi connectivity index (χ4n) is 3.41. The van der Waals surface area contributed by atoms with E-state index in [0.717, 1.165) is 0 Å². The first-order chi connectivity index (χ1) is 16.5. The van der Waals surface area contributed by atoms with E-state index < -0.39 is 54.4 Å². The molecule has 0 aliphatic carbocycles. The van der Waals surface area contributed by atoms with Crippen LogP contribution in [0.1, 0.15) is 40.2 Å². The zero-order chi connectivity index (χ0) is 26.1. The van der Waals surface area contributed by atoms with Crippen molar-refractivity contribution in [3.63, 3.8) is 0 Å². The molecule has 0 radical (unpaired) electrons. The maximum atomic E-state index is 12.7. The molecule has 1 aromatic carbocycles. The van der Waals surface area contributed by atoms with Gasteiger partial charge in [-0.15, -0.1) is 0 Å². The molecule has 1 aliphatic rings. The molecular weight excluding hydrogens is 528 g/mol. The van der Waals surface area contributed by atoms with Gasteiger partial charge in [0, 0.05) is 25.2 Å². The summed E-state index contributed by atoms with van der Waals surface area (Å²) in [5.74, 6) is -3.45. The summed E-state index contributed by atoms with van der Waals surface area (Å²) >= 11 is 3.42. The number of benzene rings is 1. The minimum Gasteiger partial charge on any atom is -0.463 e. The molecule has 11 heteroatoms. The highest BCUT2D eigenvalue weighted by Crippen LogP contribution is 2.33. The molecule has 1 heterocycles. The van der Waals surface area contributed by atoms with E-state index >= 15 is 0 Å². The van der Waals surface area contributed by atoms with Crippen LogP contribution in [0.3, 0.4) is 0 Å². The summed E-state index contributed by atoms with van der Waals surface area (Å²) in [4.78, 5) is 47.7. The predicted octanol–water partition coefficient (Wildman–Crippen LogP) is 3.16. The highest BCUT2D eigenvalue weighted by Gasteiger charge is 2.49. The van der Waals surface area contributed by atoms with E-state index in [1.54, 1.807) is 32.0 Å². The smallest absolute Gasteiger partial charge is 0.373 e. The third-order valence-electron chi connectivity index (χ3n) is 4.91. The third kappa shape index (κ3) is 8.36. The van der Waals surface area contributed by atoms with Gasteiger partial charge in [0.05, 0.1) is 12.5 Å². The lowest BCUT2D eigenvalue weighted by atomic mass is 9.91. The fraction of sp³-hybridized carbons (Fsp3) is 0.500. The Kier molecular flexibility index (Phi) is 10.7. The van der Waals surface area contributed by atoms with Crippen molar-refractivity contribution in [2.24, 2.45) is 5.92 Å². The van der Waals surface area contributed by atoms with Gasteiger partial charge in [-0.25, -0.2) is 4.79 Å². The van der Waals surface area contributed by atoms with Crippen LogP contribution in [0.2, 0.25) is 0 Å². The molecule has 0 saturated carbocycles. The second-order valence-electron chi connectivity index (χ2n) is 7.72. The number of carbonyl (C=O) groups excluding carboxylic acids is 4. The van der Waals surface area contributed by atoms with Gasteiger partial charge in [-0.05, 0) is 24.6 Å². The minimum atomic E-state index is -1.15. The number of halogens is 1. The lowest BCUT2D eigenvalue weighted by Gasteiger charge is -2.43. The van der Waals surface area contributed by atoms with E-state index in [1.165, 1.54) is 26.8 Å². The molecule has 0 amide bonds. The monoisotopic (exact) mass is 556 g/mol. The summed E-state index contributed by atoms with van der Waals surface area (Å²) < 4.78 is 33.7. The zero-order valence-electron chi connectivity index (χ0n) is 20.1. The Morgan fingerprint density at radius 3 is 2.14 bits per heavy atom. The van der Waals surface area contributed by atoms with Gasteiger partial charge in [0.2, 0.25) is 12.0 Å². The first kappa shape index (κ1) is 28.3. The van der Waals surface area contributed by atoms with E-state index in [-0.39, 0.29) is 19.0 Å². The van der Waals surface area contributed by atoms with Crippen LogP contribution >= 0.6 is 15.9 Å². The van der Waals surface area contributed by atoms with Crippen molar-refractivity contribution < 1.29 is 47.6 Å². The van der Waals surface area contributed by atoms with Crippen LogP contribution in [0.25, 0.3) is 6.08 Å². The second-order valence-corrected chi connectivity index (χ2v) is 8.58. The van der Waals surface area contributed by atoms with Crippen LogP contribution in [-0.2, 0) is 47.6 Å². The molecule has 1 saturated heterocycles. The zero-order valence-corrected chi connectivity index (χ0v) is 21.7. The van der Waals surface area contributed by atoms with Crippen LogP contribution in [0.15, 0.2) is 34.5 Å². The average molecular weight is 557 g/mol. The number of rotatable bonds is 9. The normalized spacial score (nSPS) is 24.2. The number of ether oxygens (including phenoxy) is 6. The molecule has 0 unspecified atom stereocenters. The van der Waals surface area contributed by atoms with Gasteiger partial charge < -0.3 is 28.4 Å². The first-order valence-corrected chi connectivity index (χ1v) is 11.8. The first-order valence-electron chi connectivity index (χ1n) is 11.0. The molecule has 1 aliphatic heterocycles. The Labute approximate surface area is 211 Å². The SMILES string of the molecule is CCOC(=O)/C(=C/c1ccccc1Br)O[C@H]1O[C@@H](COC(C)=O)[C@@H](OC(C)=O)[C@@H](OC(C)=O)[C@@H]1C. The molecule has 0 aromatic heterocycles. The van der Waals surface area contributed by atoms with Gasteiger partial charge in [-0.1, -0.05) is 41.1 Å². The molecular formula is C24H29BrO10. The van der Waals surface area contributed by atoms with Crippen LogP contribution < -0.4 is 0 Å². The van der Waals surface area contributed by atoms with Gasteiger partial charge in [-0.3, -0.25) is 14.4 Å². The predicted molar refractivity (Wildman–Crippen MR) is 125 cm³/mol. The number of esters is 4. The van der Waals surface area contributed by atoms with Gasteiger partial charge >= 0.3 is 23.9 Å². The van der Waals surface area contributed by atoms with Crippen LogP contribution in [0.5, 0.6) is 0 Å². The van der Waals surface area contributed by atoms with E-state index in [0.29, 0.717) is 10.0 Å². The fourth-order valence-corrected chi connectivity index (χ4v) is 3.81. The summed E-state index contributed by atoms with van der Waals surface area (Å²) in [6.07, 6.45) is -2.80. The number of carbonyl (C=O) groups is 4. The number of hydrogen-bond acceptors (Lipinski definition) is 10. The molecule has 2 rings (SSSR count). The molecule has 0 bridgehead atoms. The van der Waals surface area contributed by atoms with Crippen LogP contribution in [0, 0.1) is 5.92 Å². The molecule has 192 valence electrons. The molecule has 0 spiro atoms. The lowest BCUT2D eigenvalue weighted by molar-refractivity contribution is -0.279. The second kappa shape index (κ2) is 13.2. The summed E-state index contributed by atoms with van der Waals surface area (Å²) in [5, 5.41) is 0. The van der Waals surface area contributed by atoms with E-state index in [2.05, 4.69) is 15.9 Å². The van der Waals surface area contributed by atoms with Crippen molar-refractivity contribution in [3.8, 4) is 0 Å². The topological polar surface area (TPSA) is 124 Å². The van der Waals surface area contributed by atoms with E-state index in [9.17, 15) is 19.2 Å². The molecule has 1 fully saturated rings. The molecule has 1 aromatic rings. The standard InChI is InChI=1S/C24H29BrO10/c1-6-30-23(29)19(11-17-9-7-8-10-18(17)25)34-24-13(2)21(32-15(4)27)22(33-16(5)28)20(35-24)12-31-14(3)26/h7-11,13,20-22,24H,6,12H2,1-5H3/b19-11-/t13-,20-,21-,22+,24-/m0/s1. The maximum Gasteiger partial charge on any atom is 0.373 e. The van der Waals surface area contributed by atoms with E-state index in [1.807, 2.05) is 6.07 Å². The number of hydrogen-bond donors (Lipinski definition) is 0. The lowest BCUT2D eigenvalue weighted by Crippen LogP contribution is -2.58.